The Labute approximate surface area is 102 Å². The van der Waals surface area contributed by atoms with Crippen LogP contribution in [0.2, 0.25) is 0 Å². The molecule has 1 atom stereocenters. The minimum Gasteiger partial charge on any atom is -0.480 e. The largest absolute Gasteiger partial charge is 0.480 e. The lowest BCUT2D eigenvalue weighted by atomic mass is 10.2. The lowest BCUT2D eigenvalue weighted by molar-refractivity contribution is -0.144. The average Bonchev–Trinajstić information content (AvgIpc) is 2.89. The molecule has 0 aromatic rings. The molecule has 4 nitrogen and oxygen atoms in total. The minimum atomic E-state index is -0.687. The second-order valence-corrected chi connectivity index (χ2v) is 4.00. The molecule has 1 saturated carbocycles. The molecule has 0 aromatic carbocycles. The number of halogens is 2. The van der Waals surface area contributed by atoms with Crippen molar-refractivity contribution in [3.63, 3.8) is 0 Å². The fraction of sp³-hybridized carbons (Fsp3) is 0.889. The van der Waals surface area contributed by atoms with Gasteiger partial charge in [-0.05, 0) is 18.8 Å². The van der Waals surface area contributed by atoms with E-state index >= 15 is 0 Å². The molecule has 1 heterocycles. The van der Waals surface area contributed by atoms with E-state index in [9.17, 15) is 4.79 Å². The van der Waals surface area contributed by atoms with Crippen molar-refractivity contribution in [3.05, 3.63) is 0 Å². The zero-order valence-corrected chi connectivity index (χ0v) is 10.1. The molecule has 6 heteroatoms. The van der Waals surface area contributed by atoms with Crippen molar-refractivity contribution in [2.24, 2.45) is 5.92 Å². The van der Waals surface area contributed by atoms with Gasteiger partial charge in [0, 0.05) is 26.2 Å². The van der Waals surface area contributed by atoms with Crippen LogP contribution in [0.25, 0.3) is 0 Å². The third-order valence-corrected chi connectivity index (χ3v) is 2.83. The van der Waals surface area contributed by atoms with Gasteiger partial charge in [0.25, 0.3) is 0 Å². The number of rotatable bonds is 3. The van der Waals surface area contributed by atoms with Gasteiger partial charge in [-0.25, -0.2) is 0 Å². The van der Waals surface area contributed by atoms with Gasteiger partial charge in [-0.2, -0.15) is 0 Å². The molecule has 0 spiro atoms. The Balaban J connectivity index is 0.000000980. The highest BCUT2D eigenvalue weighted by molar-refractivity contribution is 5.85. The molecule has 0 aromatic heterocycles. The van der Waals surface area contributed by atoms with E-state index in [1.54, 1.807) is 0 Å². The van der Waals surface area contributed by atoms with Gasteiger partial charge in [-0.3, -0.25) is 9.69 Å². The molecule has 1 aliphatic carbocycles. The van der Waals surface area contributed by atoms with Gasteiger partial charge < -0.3 is 10.4 Å². The number of hydrogen-bond acceptors (Lipinski definition) is 3. The van der Waals surface area contributed by atoms with Gasteiger partial charge in [0.2, 0.25) is 0 Å². The van der Waals surface area contributed by atoms with Gasteiger partial charge in [-0.15, -0.1) is 24.8 Å². The number of hydrogen-bond donors (Lipinski definition) is 2. The lowest BCUT2D eigenvalue weighted by Gasteiger charge is -2.33. The van der Waals surface area contributed by atoms with Crippen LogP contribution in [-0.4, -0.2) is 48.2 Å². The summed E-state index contributed by atoms with van der Waals surface area (Å²) in [5.74, 6) is 0.0906. The molecule has 1 saturated heterocycles. The summed E-state index contributed by atoms with van der Waals surface area (Å²) in [6.45, 7) is 3.39. The Morgan fingerprint density at radius 2 is 2.07 bits per heavy atom. The highest BCUT2D eigenvalue weighted by atomic mass is 35.5. The number of carbonyl (C=O) groups is 1. The molecular formula is C9H18Cl2N2O2. The highest BCUT2D eigenvalue weighted by Crippen LogP contribution is 2.30. The first kappa shape index (κ1) is 15.0. The van der Waals surface area contributed by atoms with Crippen molar-refractivity contribution in [3.8, 4) is 0 Å². The second kappa shape index (κ2) is 6.53. The fourth-order valence-electron chi connectivity index (χ4n) is 1.84. The second-order valence-electron chi connectivity index (χ2n) is 4.00. The number of aliphatic carboxylic acids is 1. The predicted molar refractivity (Wildman–Crippen MR) is 63.1 cm³/mol. The highest BCUT2D eigenvalue weighted by Gasteiger charge is 2.32. The van der Waals surface area contributed by atoms with E-state index < -0.39 is 5.97 Å². The first-order valence-corrected chi connectivity index (χ1v) is 4.95. The molecule has 1 unspecified atom stereocenters. The summed E-state index contributed by atoms with van der Waals surface area (Å²) in [4.78, 5) is 13.0. The maximum Gasteiger partial charge on any atom is 0.322 e. The Kier molecular flexibility index (Phi) is 6.52. The van der Waals surface area contributed by atoms with Crippen LogP contribution >= 0.6 is 24.8 Å². The summed E-state index contributed by atoms with van der Waals surface area (Å²) in [5, 5.41) is 12.1. The Bertz CT molecular complexity index is 212. The molecule has 2 N–H and O–H groups in total. The van der Waals surface area contributed by atoms with Crippen LogP contribution < -0.4 is 5.32 Å². The molecular weight excluding hydrogens is 239 g/mol. The van der Waals surface area contributed by atoms with Crippen LogP contribution in [0.5, 0.6) is 0 Å². The molecule has 0 radical (unpaired) electrons. The Hall–Kier alpha value is -0.0300. The Morgan fingerprint density at radius 3 is 2.60 bits per heavy atom. The predicted octanol–water partition coefficient (Wildman–Crippen LogP) is 0.598. The zero-order chi connectivity index (χ0) is 9.26. The lowest BCUT2D eigenvalue weighted by Crippen LogP contribution is -2.55. The molecule has 2 fully saturated rings. The summed E-state index contributed by atoms with van der Waals surface area (Å²) in [6.07, 6.45) is 2.58. The Morgan fingerprint density at radius 1 is 1.40 bits per heavy atom. The van der Waals surface area contributed by atoms with Crippen LogP contribution in [0, 0.1) is 5.92 Å². The SMILES string of the molecule is Cl.Cl.O=C(O)C1CNCCN1CC1CC1. The summed E-state index contributed by atoms with van der Waals surface area (Å²) in [5.41, 5.74) is 0. The number of nitrogens with one attached hydrogen (secondary N) is 1. The average molecular weight is 257 g/mol. The first-order chi connectivity index (χ1) is 6.27. The molecule has 1 aliphatic heterocycles. The summed E-state index contributed by atoms with van der Waals surface area (Å²) in [6, 6.07) is -0.297. The normalized spacial score (nSPS) is 26.3. The summed E-state index contributed by atoms with van der Waals surface area (Å²) in [7, 11) is 0. The third kappa shape index (κ3) is 4.15. The minimum absolute atomic E-state index is 0. The van der Waals surface area contributed by atoms with Gasteiger partial charge in [-0.1, -0.05) is 0 Å². The standard InChI is InChI=1S/C9H16N2O2.2ClH/c12-9(13)8-5-10-3-4-11(8)6-7-1-2-7;;/h7-8,10H,1-6H2,(H,12,13);2*1H. The maximum absolute atomic E-state index is 10.9. The van der Waals surface area contributed by atoms with Crippen LogP contribution in [0.4, 0.5) is 0 Å². The molecule has 0 bridgehead atoms. The van der Waals surface area contributed by atoms with Crippen molar-refractivity contribution in [1.29, 1.82) is 0 Å². The van der Waals surface area contributed by atoms with Gasteiger partial charge in [0.15, 0.2) is 0 Å². The summed E-state index contributed by atoms with van der Waals surface area (Å²) >= 11 is 0. The number of carboxylic acids is 1. The van der Waals surface area contributed by atoms with Gasteiger partial charge in [0.1, 0.15) is 6.04 Å². The van der Waals surface area contributed by atoms with Crippen LogP contribution in [-0.2, 0) is 4.79 Å². The quantitative estimate of drug-likeness (QED) is 0.777. The van der Waals surface area contributed by atoms with E-state index in [1.807, 2.05) is 0 Å². The van der Waals surface area contributed by atoms with Crippen molar-refractivity contribution in [2.45, 2.75) is 18.9 Å². The topological polar surface area (TPSA) is 52.6 Å². The van der Waals surface area contributed by atoms with E-state index in [4.69, 9.17) is 5.11 Å². The van der Waals surface area contributed by atoms with Crippen LogP contribution in [0.15, 0.2) is 0 Å². The van der Waals surface area contributed by atoms with Gasteiger partial charge >= 0.3 is 5.97 Å². The van der Waals surface area contributed by atoms with Crippen molar-refractivity contribution >= 4 is 30.8 Å². The molecule has 90 valence electrons. The van der Waals surface area contributed by atoms with Crippen LogP contribution in [0.1, 0.15) is 12.8 Å². The number of nitrogens with zero attached hydrogens (tertiary/aromatic N) is 1. The van der Waals surface area contributed by atoms with Gasteiger partial charge in [0.05, 0.1) is 0 Å². The van der Waals surface area contributed by atoms with Crippen molar-refractivity contribution in [2.75, 3.05) is 26.2 Å². The smallest absolute Gasteiger partial charge is 0.322 e. The van der Waals surface area contributed by atoms with E-state index in [0.29, 0.717) is 6.54 Å². The zero-order valence-electron chi connectivity index (χ0n) is 8.52. The third-order valence-electron chi connectivity index (χ3n) is 2.83. The number of carboxylic acid groups (broad SMARTS) is 1. The van der Waals surface area contributed by atoms with Crippen molar-refractivity contribution < 1.29 is 9.90 Å². The molecule has 0 amide bonds. The monoisotopic (exact) mass is 256 g/mol. The van der Waals surface area contributed by atoms with E-state index in [2.05, 4.69) is 10.2 Å². The van der Waals surface area contributed by atoms with Crippen molar-refractivity contribution in [1.82, 2.24) is 10.2 Å². The van der Waals surface area contributed by atoms with E-state index in [-0.39, 0.29) is 30.9 Å². The summed E-state index contributed by atoms with van der Waals surface area (Å²) < 4.78 is 0. The maximum atomic E-state index is 10.9. The number of piperazine rings is 1. The van der Waals surface area contributed by atoms with Crippen LogP contribution in [0.3, 0.4) is 0 Å². The molecule has 2 aliphatic rings. The molecule has 15 heavy (non-hydrogen) atoms. The van der Waals surface area contributed by atoms with E-state index in [1.165, 1.54) is 12.8 Å². The molecule has 2 rings (SSSR count). The first-order valence-electron chi connectivity index (χ1n) is 4.95. The van der Waals surface area contributed by atoms with E-state index in [0.717, 1.165) is 25.6 Å². The fourth-order valence-corrected chi connectivity index (χ4v) is 1.84.